The van der Waals surface area contributed by atoms with Gasteiger partial charge in [-0.3, -0.25) is 0 Å². The highest BCUT2D eigenvalue weighted by Crippen LogP contribution is 2.06. The van der Waals surface area contributed by atoms with Crippen molar-refractivity contribution in [1.82, 2.24) is 5.32 Å². The molecule has 3 N–H and O–H groups in total. The molecular weight excluding hydrogens is 176 g/mol. The first kappa shape index (κ1) is 11.3. The topological polar surface area (TPSA) is 51.2 Å². The highest BCUT2D eigenvalue weighted by Gasteiger charge is 2.08. The number of hydrogen-bond acceptors (Lipinski definition) is 3. The molecule has 1 heterocycles. The van der Waals surface area contributed by atoms with Gasteiger partial charge in [0.2, 0.25) is 0 Å². The van der Waals surface area contributed by atoms with E-state index in [0.717, 1.165) is 31.7 Å². The first-order chi connectivity index (χ1) is 6.58. The van der Waals surface area contributed by atoms with E-state index >= 15 is 0 Å². The molecule has 0 atom stereocenters. The van der Waals surface area contributed by atoms with Gasteiger partial charge in [0, 0.05) is 5.54 Å². The summed E-state index contributed by atoms with van der Waals surface area (Å²) in [4.78, 5) is 0. The molecule has 0 spiro atoms. The van der Waals surface area contributed by atoms with Crippen molar-refractivity contribution in [1.29, 1.82) is 0 Å². The van der Waals surface area contributed by atoms with Crippen molar-refractivity contribution < 1.29 is 4.42 Å². The minimum atomic E-state index is -0.0492. The molecule has 0 aliphatic carbocycles. The molecule has 1 rings (SSSR count). The summed E-state index contributed by atoms with van der Waals surface area (Å²) in [5.41, 5.74) is 5.82. The van der Waals surface area contributed by atoms with Gasteiger partial charge in [-0.05, 0) is 45.4 Å². The second kappa shape index (κ2) is 5.17. The fraction of sp³-hybridized carbons (Fsp3) is 0.636. The molecule has 14 heavy (non-hydrogen) atoms. The molecule has 80 valence electrons. The zero-order chi connectivity index (χ0) is 10.4. The third-order valence-corrected chi connectivity index (χ3v) is 2.05. The van der Waals surface area contributed by atoms with Crippen molar-refractivity contribution in [2.45, 2.75) is 38.8 Å². The van der Waals surface area contributed by atoms with Gasteiger partial charge >= 0.3 is 0 Å². The maximum atomic E-state index is 5.87. The minimum absolute atomic E-state index is 0.0492. The van der Waals surface area contributed by atoms with Crippen LogP contribution in [0.15, 0.2) is 22.8 Å². The Labute approximate surface area is 85.7 Å². The van der Waals surface area contributed by atoms with Crippen LogP contribution in [0, 0.1) is 0 Å². The third kappa shape index (κ3) is 5.04. The van der Waals surface area contributed by atoms with Crippen LogP contribution < -0.4 is 11.1 Å². The summed E-state index contributed by atoms with van der Waals surface area (Å²) in [6, 6.07) is 3.87. The summed E-state index contributed by atoms with van der Waals surface area (Å²) in [6.45, 7) is 5.90. The van der Waals surface area contributed by atoms with Gasteiger partial charge in [0.15, 0.2) is 0 Å². The predicted octanol–water partition coefficient (Wildman–Crippen LogP) is 1.89. The highest BCUT2D eigenvalue weighted by atomic mass is 16.3. The first-order valence-corrected chi connectivity index (χ1v) is 5.10. The Morgan fingerprint density at radius 3 is 2.86 bits per heavy atom. The summed E-state index contributed by atoms with van der Waals surface area (Å²) in [7, 11) is 0. The number of rotatable bonds is 6. The Balaban J connectivity index is 2.00. The maximum absolute atomic E-state index is 5.87. The van der Waals surface area contributed by atoms with E-state index in [9.17, 15) is 0 Å². The van der Waals surface area contributed by atoms with E-state index in [4.69, 9.17) is 10.2 Å². The van der Waals surface area contributed by atoms with Crippen molar-refractivity contribution in [3.63, 3.8) is 0 Å². The molecule has 0 radical (unpaired) electrons. The van der Waals surface area contributed by atoms with Crippen molar-refractivity contribution in [3.05, 3.63) is 24.2 Å². The summed E-state index contributed by atoms with van der Waals surface area (Å²) < 4.78 is 5.19. The van der Waals surface area contributed by atoms with Gasteiger partial charge in [0.25, 0.3) is 0 Å². The quantitative estimate of drug-likeness (QED) is 0.683. The van der Waals surface area contributed by atoms with Gasteiger partial charge in [-0.1, -0.05) is 0 Å². The number of nitrogens with one attached hydrogen (secondary N) is 1. The summed E-state index contributed by atoms with van der Waals surface area (Å²) in [5.74, 6) is 0.983. The Morgan fingerprint density at radius 2 is 2.29 bits per heavy atom. The minimum Gasteiger partial charge on any atom is -0.468 e. The van der Waals surface area contributed by atoms with E-state index < -0.39 is 0 Å². The lowest BCUT2D eigenvalue weighted by Gasteiger charge is -2.17. The average molecular weight is 196 g/mol. The highest BCUT2D eigenvalue weighted by molar-refractivity contribution is 4.97. The third-order valence-electron chi connectivity index (χ3n) is 2.05. The molecular formula is C11H20N2O. The van der Waals surface area contributed by atoms with E-state index in [1.807, 2.05) is 12.1 Å². The molecule has 3 heteroatoms. The van der Waals surface area contributed by atoms with Crippen molar-refractivity contribution in [3.8, 4) is 0 Å². The second-order valence-corrected chi connectivity index (χ2v) is 4.35. The van der Waals surface area contributed by atoms with E-state index in [1.54, 1.807) is 6.26 Å². The van der Waals surface area contributed by atoms with Crippen molar-refractivity contribution >= 4 is 0 Å². The molecule has 1 aromatic rings. The smallest absolute Gasteiger partial charge is 0.117 e. The summed E-state index contributed by atoms with van der Waals surface area (Å²) >= 11 is 0. The molecule has 0 aromatic carbocycles. The van der Waals surface area contributed by atoms with E-state index in [0.29, 0.717) is 0 Å². The summed E-state index contributed by atoms with van der Waals surface area (Å²) in [5, 5.41) is 3.31. The van der Waals surface area contributed by atoms with Gasteiger partial charge in [-0.15, -0.1) is 0 Å². The normalized spacial score (nSPS) is 11.9. The van der Waals surface area contributed by atoms with Crippen LogP contribution in [0.3, 0.4) is 0 Å². The average Bonchev–Trinajstić information content (AvgIpc) is 2.54. The molecule has 0 bridgehead atoms. The Kier molecular flexibility index (Phi) is 4.17. The van der Waals surface area contributed by atoms with E-state index in [2.05, 4.69) is 19.2 Å². The van der Waals surface area contributed by atoms with Crippen LogP contribution in [-0.4, -0.2) is 12.1 Å². The van der Waals surface area contributed by atoms with Crippen LogP contribution in [-0.2, 0) is 6.54 Å². The van der Waals surface area contributed by atoms with Crippen molar-refractivity contribution in [2.75, 3.05) is 6.54 Å². The van der Waals surface area contributed by atoms with Gasteiger partial charge in [-0.25, -0.2) is 0 Å². The second-order valence-electron chi connectivity index (χ2n) is 4.35. The Hall–Kier alpha value is -0.800. The fourth-order valence-corrected chi connectivity index (χ4v) is 1.29. The lowest BCUT2D eigenvalue weighted by atomic mass is 10.0. The van der Waals surface area contributed by atoms with E-state index in [-0.39, 0.29) is 5.54 Å². The Bertz CT molecular complexity index is 236. The van der Waals surface area contributed by atoms with Gasteiger partial charge < -0.3 is 15.5 Å². The lowest BCUT2D eigenvalue weighted by Crippen LogP contribution is -2.32. The molecule has 0 saturated carbocycles. The van der Waals surface area contributed by atoms with Crippen molar-refractivity contribution in [2.24, 2.45) is 5.73 Å². The SMILES string of the molecule is CC(C)(N)CCCNCc1ccco1. The molecule has 0 saturated heterocycles. The first-order valence-electron chi connectivity index (χ1n) is 5.10. The van der Waals surface area contributed by atoms with Crippen LogP contribution in [0.4, 0.5) is 0 Å². The number of hydrogen-bond donors (Lipinski definition) is 2. The molecule has 0 aliphatic rings. The monoisotopic (exact) mass is 196 g/mol. The van der Waals surface area contributed by atoms with Crippen LogP contribution in [0.2, 0.25) is 0 Å². The van der Waals surface area contributed by atoms with Crippen LogP contribution in [0.5, 0.6) is 0 Å². The zero-order valence-corrected chi connectivity index (χ0v) is 9.05. The van der Waals surface area contributed by atoms with Crippen LogP contribution >= 0.6 is 0 Å². The molecule has 0 aliphatic heterocycles. The number of nitrogens with two attached hydrogens (primary N) is 1. The molecule has 0 unspecified atom stereocenters. The zero-order valence-electron chi connectivity index (χ0n) is 9.05. The summed E-state index contributed by atoms with van der Waals surface area (Å²) in [6.07, 6.45) is 3.84. The molecule has 3 nitrogen and oxygen atoms in total. The molecule has 1 aromatic heterocycles. The van der Waals surface area contributed by atoms with Crippen LogP contribution in [0.25, 0.3) is 0 Å². The molecule has 0 fully saturated rings. The largest absolute Gasteiger partial charge is 0.468 e. The maximum Gasteiger partial charge on any atom is 0.117 e. The fourth-order valence-electron chi connectivity index (χ4n) is 1.29. The van der Waals surface area contributed by atoms with Gasteiger partial charge in [0.05, 0.1) is 12.8 Å². The number of furan rings is 1. The predicted molar refractivity (Wildman–Crippen MR) is 57.9 cm³/mol. The molecule has 0 amide bonds. The standard InChI is InChI=1S/C11H20N2O/c1-11(2,12)6-4-7-13-9-10-5-3-8-14-10/h3,5,8,13H,4,6-7,9,12H2,1-2H3. The van der Waals surface area contributed by atoms with Gasteiger partial charge in [0.1, 0.15) is 5.76 Å². The van der Waals surface area contributed by atoms with Gasteiger partial charge in [-0.2, -0.15) is 0 Å². The Morgan fingerprint density at radius 1 is 1.50 bits per heavy atom. The van der Waals surface area contributed by atoms with Crippen LogP contribution in [0.1, 0.15) is 32.4 Å². The van der Waals surface area contributed by atoms with E-state index in [1.165, 1.54) is 0 Å². The lowest BCUT2D eigenvalue weighted by molar-refractivity contribution is 0.436.